The van der Waals surface area contributed by atoms with Crippen molar-refractivity contribution < 1.29 is 0 Å². The number of halogens is 2. The average molecular weight is 303 g/mol. The van der Waals surface area contributed by atoms with Crippen LogP contribution >= 0.6 is 27.5 Å². The molecule has 0 saturated carbocycles. The van der Waals surface area contributed by atoms with Gasteiger partial charge in [-0.05, 0) is 40.9 Å². The maximum absolute atomic E-state index is 5.90. The molecule has 0 aromatic carbocycles. The van der Waals surface area contributed by atoms with Gasteiger partial charge in [0.15, 0.2) is 9.76 Å². The van der Waals surface area contributed by atoms with Crippen molar-refractivity contribution >= 4 is 27.5 Å². The Kier molecular flexibility index (Phi) is 2.94. The van der Waals surface area contributed by atoms with Gasteiger partial charge in [0.1, 0.15) is 11.4 Å². The predicted molar refractivity (Wildman–Crippen MR) is 64.2 cm³/mol. The molecule has 0 aliphatic carbocycles. The number of nitrogens with zero attached hydrogens (tertiary/aromatic N) is 5. The average Bonchev–Trinajstić information content (AvgIpc) is 2.57. The van der Waals surface area contributed by atoms with Crippen molar-refractivity contribution in [2.75, 3.05) is 0 Å². The van der Waals surface area contributed by atoms with Crippen LogP contribution < -0.4 is 0 Å². The molecule has 2 aromatic rings. The molecule has 5 nitrogen and oxygen atoms in total. The van der Waals surface area contributed by atoms with Gasteiger partial charge in [-0.1, -0.05) is 16.8 Å². The molecule has 0 spiro atoms. The molecule has 0 unspecified atom stereocenters. The first-order chi connectivity index (χ1) is 7.52. The lowest BCUT2D eigenvalue weighted by Gasteiger charge is -2.07. The van der Waals surface area contributed by atoms with Crippen LogP contribution in [0.4, 0.5) is 0 Å². The Morgan fingerprint density at radius 2 is 1.81 bits per heavy atom. The quantitative estimate of drug-likeness (QED) is 0.811. The van der Waals surface area contributed by atoms with Crippen LogP contribution in [0, 0.1) is 13.8 Å². The van der Waals surface area contributed by atoms with E-state index in [2.05, 4.69) is 36.4 Å². The molecular formula is C9H9BrClN5. The largest absolute Gasteiger partial charge is 0.245 e. The zero-order valence-corrected chi connectivity index (χ0v) is 11.3. The van der Waals surface area contributed by atoms with Crippen LogP contribution in [0.3, 0.4) is 0 Å². The van der Waals surface area contributed by atoms with E-state index in [1.807, 2.05) is 13.8 Å². The number of aryl methyl sites for hydroxylation is 1. The topological polar surface area (TPSA) is 56.5 Å². The van der Waals surface area contributed by atoms with E-state index in [4.69, 9.17) is 11.6 Å². The third kappa shape index (κ3) is 1.72. The van der Waals surface area contributed by atoms with Crippen LogP contribution in [-0.2, 0) is 7.05 Å². The minimum Gasteiger partial charge on any atom is -0.245 e. The lowest BCUT2D eigenvalue weighted by Crippen LogP contribution is -2.01. The number of hydrogen-bond donors (Lipinski definition) is 0. The van der Waals surface area contributed by atoms with E-state index in [1.165, 1.54) is 0 Å². The van der Waals surface area contributed by atoms with Crippen molar-refractivity contribution in [3.63, 3.8) is 0 Å². The molecule has 0 aliphatic heterocycles. The van der Waals surface area contributed by atoms with Crippen molar-refractivity contribution in [2.45, 2.75) is 13.8 Å². The fraction of sp³-hybridized carbons (Fsp3) is 0.333. The van der Waals surface area contributed by atoms with Crippen LogP contribution in [0.1, 0.15) is 11.1 Å². The fourth-order valence-electron chi connectivity index (χ4n) is 1.38. The SMILES string of the molecule is Cc1c(Cl)nnc(-c2c(Br)nnn2C)c1C. The number of hydrogen-bond acceptors (Lipinski definition) is 4. The Hall–Kier alpha value is -1.01. The first-order valence-corrected chi connectivity index (χ1v) is 5.74. The van der Waals surface area contributed by atoms with Crippen molar-refractivity contribution in [3.05, 3.63) is 20.9 Å². The van der Waals surface area contributed by atoms with Crippen molar-refractivity contribution in [2.24, 2.45) is 7.05 Å². The fourth-order valence-corrected chi connectivity index (χ4v) is 2.08. The molecule has 84 valence electrons. The standard InChI is InChI=1S/C9H9BrClN5/c1-4-5(2)9(11)14-12-6(4)7-8(10)13-15-16(7)3/h1-3H3. The smallest absolute Gasteiger partial charge is 0.158 e. The molecule has 0 saturated heterocycles. The molecule has 0 radical (unpaired) electrons. The summed E-state index contributed by atoms with van der Waals surface area (Å²) in [4.78, 5) is 0. The van der Waals surface area contributed by atoms with E-state index < -0.39 is 0 Å². The molecule has 2 aromatic heterocycles. The highest BCUT2D eigenvalue weighted by Gasteiger charge is 2.17. The molecule has 7 heteroatoms. The molecule has 2 rings (SSSR count). The maximum Gasteiger partial charge on any atom is 0.158 e. The summed E-state index contributed by atoms with van der Waals surface area (Å²) < 4.78 is 2.29. The summed E-state index contributed by atoms with van der Waals surface area (Å²) in [7, 11) is 1.80. The zero-order valence-electron chi connectivity index (χ0n) is 8.99. The molecule has 0 amide bonds. The molecule has 0 N–H and O–H groups in total. The summed E-state index contributed by atoms with van der Waals surface area (Å²) in [5, 5.41) is 16.2. The van der Waals surface area contributed by atoms with Gasteiger partial charge >= 0.3 is 0 Å². The Morgan fingerprint density at radius 1 is 1.12 bits per heavy atom. The Balaban J connectivity index is 2.71. The van der Waals surface area contributed by atoms with Crippen LogP contribution in [0.2, 0.25) is 5.15 Å². The van der Waals surface area contributed by atoms with Crippen LogP contribution in [0.15, 0.2) is 4.60 Å². The Labute approximate surface area is 106 Å². The summed E-state index contributed by atoms with van der Waals surface area (Å²) in [5.74, 6) is 0. The molecule has 0 fully saturated rings. The summed E-state index contributed by atoms with van der Waals surface area (Å²) in [6.45, 7) is 3.86. The van der Waals surface area contributed by atoms with Crippen LogP contribution in [0.25, 0.3) is 11.4 Å². The third-order valence-electron chi connectivity index (χ3n) is 2.47. The summed E-state index contributed by atoms with van der Waals surface area (Å²) in [5.41, 5.74) is 3.43. The van der Waals surface area contributed by atoms with Crippen LogP contribution in [0.5, 0.6) is 0 Å². The van der Waals surface area contributed by atoms with Gasteiger partial charge in [-0.25, -0.2) is 4.68 Å². The normalized spacial score (nSPS) is 10.8. The molecule has 0 aliphatic rings. The predicted octanol–water partition coefficient (Wildman–Crippen LogP) is 2.30. The van der Waals surface area contributed by atoms with Crippen molar-refractivity contribution in [3.8, 4) is 11.4 Å². The molecule has 2 heterocycles. The number of aromatic nitrogens is 5. The number of rotatable bonds is 1. The Bertz CT molecular complexity index is 532. The molecule has 0 atom stereocenters. The van der Waals surface area contributed by atoms with Gasteiger partial charge in [-0.3, -0.25) is 0 Å². The Morgan fingerprint density at radius 3 is 2.38 bits per heavy atom. The van der Waals surface area contributed by atoms with Gasteiger partial charge in [0.2, 0.25) is 0 Å². The summed E-state index contributed by atoms with van der Waals surface area (Å²) >= 11 is 9.24. The van der Waals surface area contributed by atoms with E-state index in [1.54, 1.807) is 11.7 Å². The zero-order chi connectivity index (χ0) is 11.9. The summed E-state index contributed by atoms with van der Waals surface area (Å²) in [6, 6.07) is 0. The van der Waals surface area contributed by atoms with Gasteiger partial charge < -0.3 is 0 Å². The van der Waals surface area contributed by atoms with Gasteiger partial charge in [-0.2, -0.15) is 0 Å². The van der Waals surface area contributed by atoms with E-state index in [-0.39, 0.29) is 0 Å². The lowest BCUT2D eigenvalue weighted by molar-refractivity contribution is 0.717. The maximum atomic E-state index is 5.90. The van der Waals surface area contributed by atoms with Gasteiger partial charge in [0.05, 0.1) is 0 Å². The third-order valence-corrected chi connectivity index (χ3v) is 3.37. The highest BCUT2D eigenvalue weighted by Crippen LogP contribution is 2.29. The highest BCUT2D eigenvalue weighted by atomic mass is 79.9. The molecule has 16 heavy (non-hydrogen) atoms. The second kappa shape index (κ2) is 4.10. The van der Waals surface area contributed by atoms with E-state index in [0.29, 0.717) is 9.76 Å². The second-order valence-electron chi connectivity index (χ2n) is 3.44. The van der Waals surface area contributed by atoms with E-state index in [9.17, 15) is 0 Å². The van der Waals surface area contributed by atoms with E-state index in [0.717, 1.165) is 22.5 Å². The first kappa shape index (κ1) is 11.5. The summed E-state index contributed by atoms with van der Waals surface area (Å²) in [6.07, 6.45) is 0. The minimum absolute atomic E-state index is 0.424. The minimum atomic E-state index is 0.424. The van der Waals surface area contributed by atoms with Crippen LogP contribution in [-0.4, -0.2) is 25.2 Å². The lowest BCUT2D eigenvalue weighted by atomic mass is 10.1. The van der Waals surface area contributed by atoms with Gasteiger partial charge in [-0.15, -0.1) is 15.3 Å². The van der Waals surface area contributed by atoms with Gasteiger partial charge in [0, 0.05) is 7.05 Å². The van der Waals surface area contributed by atoms with E-state index >= 15 is 0 Å². The second-order valence-corrected chi connectivity index (χ2v) is 4.55. The van der Waals surface area contributed by atoms with Crippen molar-refractivity contribution in [1.29, 1.82) is 0 Å². The first-order valence-electron chi connectivity index (χ1n) is 4.57. The monoisotopic (exact) mass is 301 g/mol. The molecule has 0 bridgehead atoms. The molecular weight excluding hydrogens is 293 g/mol. The van der Waals surface area contributed by atoms with Crippen molar-refractivity contribution in [1.82, 2.24) is 25.2 Å². The van der Waals surface area contributed by atoms with Gasteiger partial charge in [0.25, 0.3) is 0 Å². The highest BCUT2D eigenvalue weighted by molar-refractivity contribution is 9.10.